The van der Waals surface area contributed by atoms with Crippen LogP contribution in [0.1, 0.15) is 12.5 Å². The van der Waals surface area contributed by atoms with Gasteiger partial charge in [-0.3, -0.25) is 4.90 Å². The standard InChI is InChI=1S/C12H20BNO3/c1-3-14(8-9-17-2)10-11-4-6-12(7-5-11)13(15)16/h4-7,15-16H,3,8-10H2,1-2H3. The molecule has 0 bridgehead atoms. The highest BCUT2D eigenvalue weighted by Crippen LogP contribution is 2.03. The average molecular weight is 237 g/mol. The van der Waals surface area contributed by atoms with Gasteiger partial charge >= 0.3 is 7.12 Å². The first-order valence-electron chi connectivity index (χ1n) is 5.83. The summed E-state index contributed by atoms with van der Waals surface area (Å²) < 4.78 is 5.05. The third-order valence-electron chi connectivity index (χ3n) is 2.74. The van der Waals surface area contributed by atoms with Crippen LogP contribution in [-0.2, 0) is 11.3 Å². The van der Waals surface area contributed by atoms with Gasteiger partial charge < -0.3 is 14.8 Å². The molecule has 5 heteroatoms. The zero-order valence-corrected chi connectivity index (χ0v) is 10.5. The van der Waals surface area contributed by atoms with E-state index in [1.54, 1.807) is 19.2 Å². The summed E-state index contributed by atoms with van der Waals surface area (Å²) >= 11 is 0. The molecule has 0 spiro atoms. The molecular weight excluding hydrogens is 217 g/mol. The molecule has 0 saturated heterocycles. The van der Waals surface area contributed by atoms with Gasteiger partial charge in [-0.25, -0.2) is 0 Å². The number of ether oxygens (including phenoxy) is 1. The summed E-state index contributed by atoms with van der Waals surface area (Å²) in [4.78, 5) is 2.27. The first-order chi connectivity index (χ1) is 8.17. The Bertz CT molecular complexity index is 316. The van der Waals surface area contributed by atoms with Crippen LogP contribution >= 0.6 is 0 Å². The quantitative estimate of drug-likeness (QED) is 0.647. The maximum atomic E-state index is 8.99. The molecule has 0 saturated carbocycles. The first kappa shape index (κ1) is 14.2. The molecule has 0 amide bonds. The number of methoxy groups -OCH3 is 1. The molecule has 4 nitrogen and oxygen atoms in total. The average Bonchev–Trinajstić information content (AvgIpc) is 2.35. The van der Waals surface area contributed by atoms with Crippen molar-refractivity contribution in [2.75, 3.05) is 26.8 Å². The monoisotopic (exact) mass is 237 g/mol. The van der Waals surface area contributed by atoms with E-state index in [1.165, 1.54) is 0 Å². The summed E-state index contributed by atoms with van der Waals surface area (Å²) in [5.41, 5.74) is 1.68. The second-order valence-corrected chi connectivity index (χ2v) is 3.98. The fourth-order valence-corrected chi connectivity index (χ4v) is 1.62. The Balaban J connectivity index is 2.54. The van der Waals surface area contributed by atoms with Gasteiger partial charge in [0.1, 0.15) is 0 Å². The summed E-state index contributed by atoms with van der Waals surface area (Å²) in [7, 11) is 0.311. The van der Waals surface area contributed by atoms with E-state index in [1.807, 2.05) is 12.1 Å². The number of benzene rings is 1. The summed E-state index contributed by atoms with van der Waals surface area (Å²) in [6, 6.07) is 7.32. The minimum absolute atomic E-state index is 0.522. The number of rotatable bonds is 7. The van der Waals surface area contributed by atoms with Crippen molar-refractivity contribution in [3.63, 3.8) is 0 Å². The highest BCUT2D eigenvalue weighted by Gasteiger charge is 2.10. The van der Waals surface area contributed by atoms with Crippen molar-refractivity contribution in [3.05, 3.63) is 29.8 Å². The number of hydrogen-bond donors (Lipinski definition) is 2. The molecule has 0 unspecified atom stereocenters. The first-order valence-corrected chi connectivity index (χ1v) is 5.83. The third-order valence-corrected chi connectivity index (χ3v) is 2.74. The van der Waals surface area contributed by atoms with Crippen LogP contribution in [0.5, 0.6) is 0 Å². The van der Waals surface area contributed by atoms with E-state index < -0.39 is 7.12 Å². The summed E-state index contributed by atoms with van der Waals surface area (Å²) in [5.74, 6) is 0. The van der Waals surface area contributed by atoms with Crippen molar-refractivity contribution in [2.45, 2.75) is 13.5 Å². The van der Waals surface area contributed by atoms with Crippen LogP contribution in [0.25, 0.3) is 0 Å². The topological polar surface area (TPSA) is 52.9 Å². The Morgan fingerprint density at radius 3 is 2.35 bits per heavy atom. The van der Waals surface area contributed by atoms with Crippen molar-refractivity contribution in [2.24, 2.45) is 0 Å². The lowest BCUT2D eigenvalue weighted by molar-refractivity contribution is 0.147. The molecule has 0 fully saturated rings. The van der Waals surface area contributed by atoms with E-state index in [0.29, 0.717) is 5.46 Å². The van der Waals surface area contributed by atoms with E-state index in [-0.39, 0.29) is 0 Å². The molecule has 0 aliphatic rings. The number of nitrogens with zero attached hydrogens (tertiary/aromatic N) is 1. The van der Waals surface area contributed by atoms with E-state index >= 15 is 0 Å². The van der Waals surface area contributed by atoms with Crippen molar-refractivity contribution < 1.29 is 14.8 Å². The van der Waals surface area contributed by atoms with Gasteiger partial charge in [0, 0.05) is 20.2 Å². The van der Waals surface area contributed by atoms with Crippen LogP contribution in [0, 0.1) is 0 Å². The van der Waals surface area contributed by atoms with E-state index in [9.17, 15) is 0 Å². The van der Waals surface area contributed by atoms with Gasteiger partial charge in [0.25, 0.3) is 0 Å². The zero-order valence-electron chi connectivity index (χ0n) is 10.5. The molecule has 1 aromatic carbocycles. The van der Waals surface area contributed by atoms with Gasteiger partial charge in [-0.15, -0.1) is 0 Å². The van der Waals surface area contributed by atoms with Gasteiger partial charge in [-0.2, -0.15) is 0 Å². The van der Waals surface area contributed by atoms with Crippen LogP contribution in [0.15, 0.2) is 24.3 Å². The highest BCUT2D eigenvalue weighted by molar-refractivity contribution is 6.58. The predicted octanol–water partition coefficient (Wildman–Crippen LogP) is -0.165. The van der Waals surface area contributed by atoms with Crippen molar-refractivity contribution >= 4 is 12.6 Å². The maximum Gasteiger partial charge on any atom is 0.488 e. The second-order valence-electron chi connectivity index (χ2n) is 3.98. The van der Waals surface area contributed by atoms with Gasteiger partial charge in [-0.1, -0.05) is 31.2 Å². The van der Waals surface area contributed by atoms with Gasteiger partial charge in [0.2, 0.25) is 0 Å². The molecule has 0 atom stereocenters. The van der Waals surface area contributed by atoms with Crippen LogP contribution in [0.3, 0.4) is 0 Å². The molecule has 17 heavy (non-hydrogen) atoms. The Labute approximate surface area is 103 Å². The van der Waals surface area contributed by atoms with Crippen molar-refractivity contribution in [1.29, 1.82) is 0 Å². The Kier molecular flexibility index (Phi) is 6.22. The lowest BCUT2D eigenvalue weighted by atomic mass is 9.80. The van der Waals surface area contributed by atoms with Crippen molar-refractivity contribution in [3.8, 4) is 0 Å². The summed E-state index contributed by atoms with van der Waals surface area (Å²) in [6.45, 7) is 5.55. The van der Waals surface area contributed by atoms with Crippen LogP contribution < -0.4 is 5.46 Å². The molecule has 0 heterocycles. The van der Waals surface area contributed by atoms with Crippen molar-refractivity contribution in [1.82, 2.24) is 4.90 Å². The van der Waals surface area contributed by atoms with Crippen LogP contribution in [-0.4, -0.2) is 48.9 Å². The summed E-state index contributed by atoms with van der Waals surface area (Å²) in [6.07, 6.45) is 0. The fraction of sp³-hybridized carbons (Fsp3) is 0.500. The molecular formula is C12H20BNO3. The zero-order chi connectivity index (χ0) is 12.7. The number of hydrogen-bond acceptors (Lipinski definition) is 4. The highest BCUT2D eigenvalue weighted by atomic mass is 16.5. The van der Waals surface area contributed by atoms with Gasteiger partial charge in [0.05, 0.1) is 6.61 Å². The van der Waals surface area contributed by atoms with Crippen LogP contribution in [0.2, 0.25) is 0 Å². The minimum Gasteiger partial charge on any atom is -0.423 e. The second kappa shape index (κ2) is 7.45. The number of likely N-dealkylation sites (N-methyl/N-ethyl adjacent to an activating group) is 1. The normalized spacial score (nSPS) is 10.9. The van der Waals surface area contributed by atoms with Gasteiger partial charge in [-0.05, 0) is 17.6 Å². The van der Waals surface area contributed by atoms with E-state index in [0.717, 1.165) is 31.8 Å². The predicted molar refractivity (Wildman–Crippen MR) is 69.1 cm³/mol. The molecule has 0 aromatic heterocycles. The molecule has 0 aliphatic carbocycles. The van der Waals surface area contributed by atoms with Gasteiger partial charge in [0.15, 0.2) is 0 Å². The molecule has 0 aliphatic heterocycles. The molecule has 1 aromatic rings. The largest absolute Gasteiger partial charge is 0.488 e. The lowest BCUT2D eigenvalue weighted by Crippen LogP contribution is -2.30. The third kappa shape index (κ3) is 4.87. The Morgan fingerprint density at radius 1 is 1.24 bits per heavy atom. The molecule has 2 N–H and O–H groups in total. The molecule has 94 valence electrons. The van der Waals surface area contributed by atoms with E-state index in [4.69, 9.17) is 14.8 Å². The molecule has 0 radical (unpaired) electrons. The Morgan fingerprint density at radius 2 is 1.88 bits per heavy atom. The summed E-state index contributed by atoms with van der Waals surface area (Å²) in [5, 5.41) is 18.0. The fourth-order valence-electron chi connectivity index (χ4n) is 1.62. The lowest BCUT2D eigenvalue weighted by Gasteiger charge is -2.20. The van der Waals surface area contributed by atoms with Crippen LogP contribution in [0.4, 0.5) is 0 Å². The minimum atomic E-state index is -1.39. The molecule has 1 rings (SSSR count). The maximum absolute atomic E-state index is 8.99. The van der Waals surface area contributed by atoms with E-state index in [2.05, 4.69) is 11.8 Å². The Hall–Kier alpha value is -0.875. The SMILES string of the molecule is CCN(CCOC)Cc1ccc(B(O)O)cc1. The smallest absolute Gasteiger partial charge is 0.423 e.